The molecule has 0 radical (unpaired) electrons. The molecule has 0 saturated carbocycles. The predicted octanol–water partition coefficient (Wildman–Crippen LogP) is 2.44. The quantitative estimate of drug-likeness (QED) is 0.603. The number of benzene rings is 1. The molecular weight excluding hydrogens is 369 g/mol. The molecule has 0 aliphatic carbocycles. The Hall–Kier alpha value is -1.73. The van der Waals surface area contributed by atoms with E-state index in [2.05, 4.69) is 21.2 Å². The standard InChI is InChI=1S/C16H17BrFNO4/c17-12-4-5-14(18)11(8-12)3-6-16(21)23-10-15(20)19-9-13-2-1-7-22-13/h3-6,8,13H,1-2,7,9-10H2,(H,19,20)/b6-3+. The Kier molecular flexibility index (Phi) is 6.73. The first-order valence-corrected chi connectivity index (χ1v) is 8.02. The molecule has 1 aromatic rings. The van der Waals surface area contributed by atoms with Gasteiger partial charge < -0.3 is 14.8 Å². The fraction of sp³-hybridized carbons (Fsp3) is 0.375. The van der Waals surface area contributed by atoms with Gasteiger partial charge in [-0.05, 0) is 37.1 Å². The number of hydrogen-bond acceptors (Lipinski definition) is 4. The van der Waals surface area contributed by atoms with Crippen LogP contribution in [-0.2, 0) is 19.1 Å². The minimum Gasteiger partial charge on any atom is -0.452 e. The maximum absolute atomic E-state index is 13.5. The molecule has 1 aliphatic heterocycles. The number of amides is 1. The van der Waals surface area contributed by atoms with E-state index in [9.17, 15) is 14.0 Å². The van der Waals surface area contributed by atoms with Crippen LogP contribution in [0.25, 0.3) is 6.08 Å². The maximum atomic E-state index is 13.5. The molecule has 1 amide bonds. The molecule has 1 aliphatic rings. The van der Waals surface area contributed by atoms with Gasteiger partial charge in [-0.25, -0.2) is 9.18 Å². The second-order valence-corrected chi connectivity index (χ2v) is 5.96. The Morgan fingerprint density at radius 1 is 1.48 bits per heavy atom. The van der Waals surface area contributed by atoms with Crippen LogP contribution < -0.4 is 5.32 Å². The third-order valence-electron chi connectivity index (χ3n) is 3.25. The van der Waals surface area contributed by atoms with Crippen molar-refractivity contribution in [1.29, 1.82) is 0 Å². The van der Waals surface area contributed by atoms with Crippen molar-refractivity contribution < 1.29 is 23.5 Å². The van der Waals surface area contributed by atoms with Crippen LogP contribution in [0.5, 0.6) is 0 Å². The van der Waals surface area contributed by atoms with E-state index >= 15 is 0 Å². The molecule has 5 nitrogen and oxygen atoms in total. The summed E-state index contributed by atoms with van der Waals surface area (Å²) < 4.78 is 24.3. The molecule has 1 N–H and O–H groups in total. The van der Waals surface area contributed by atoms with Crippen LogP contribution in [-0.4, -0.2) is 37.7 Å². The third kappa shape index (κ3) is 6.11. The highest BCUT2D eigenvalue weighted by Crippen LogP contribution is 2.16. The van der Waals surface area contributed by atoms with Gasteiger partial charge in [0.1, 0.15) is 5.82 Å². The molecule has 7 heteroatoms. The van der Waals surface area contributed by atoms with E-state index in [0.717, 1.165) is 18.9 Å². The topological polar surface area (TPSA) is 64.6 Å². The number of hydrogen-bond donors (Lipinski definition) is 1. The van der Waals surface area contributed by atoms with Gasteiger partial charge in [-0.15, -0.1) is 0 Å². The highest BCUT2D eigenvalue weighted by Gasteiger charge is 2.16. The fourth-order valence-corrected chi connectivity index (χ4v) is 2.45. The fourth-order valence-electron chi connectivity index (χ4n) is 2.07. The summed E-state index contributed by atoms with van der Waals surface area (Å²) in [7, 11) is 0. The summed E-state index contributed by atoms with van der Waals surface area (Å²) in [5.41, 5.74) is 0.249. The molecular formula is C16H17BrFNO4. The predicted molar refractivity (Wildman–Crippen MR) is 86.1 cm³/mol. The molecule has 1 aromatic carbocycles. The second kappa shape index (κ2) is 8.79. The number of esters is 1. The summed E-state index contributed by atoms with van der Waals surface area (Å²) in [4.78, 5) is 23.1. The zero-order chi connectivity index (χ0) is 16.7. The van der Waals surface area contributed by atoms with Crippen molar-refractivity contribution in [3.05, 3.63) is 40.1 Å². The number of halogens is 2. The number of carbonyl (C=O) groups excluding carboxylic acids is 2. The smallest absolute Gasteiger partial charge is 0.331 e. The highest BCUT2D eigenvalue weighted by atomic mass is 79.9. The van der Waals surface area contributed by atoms with Gasteiger partial charge in [-0.3, -0.25) is 4.79 Å². The summed E-state index contributed by atoms with van der Waals surface area (Å²) in [6, 6.07) is 4.38. The molecule has 1 atom stereocenters. The largest absolute Gasteiger partial charge is 0.452 e. The van der Waals surface area contributed by atoms with Gasteiger partial charge in [0.05, 0.1) is 6.10 Å². The Morgan fingerprint density at radius 2 is 2.30 bits per heavy atom. The molecule has 1 unspecified atom stereocenters. The lowest BCUT2D eigenvalue weighted by atomic mass is 10.2. The first-order valence-electron chi connectivity index (χ1n) is 7.23. The van der Waals surface area contributed by atoms with Crippen molar-refractivity contribution in [2.45, 2.75) is 18.9 Å². The molecule has 1 fully saturated rings. The summed E-state index contributed by atoms with van der Waals surface area (Å²) in [6.07, 6.45) is 4.33. The Labute approximate surface area is 142 Å². The number of ether oxygens (including phenoxy) is 2. The lowest BCUT2D eigenvalue weighted by molar-refractivity contribution is -0.143. The molecule has 0 aromatic heterocycles. The van der Waals surface area contributed by atoms with Crippen molar-refractivity contribution in [2.24, 2.45) is 0 Å². The van der Waals surface area contributed by atoms with Crippen LogP contribution >= 0.6 is 15.9 Å². The van der Waals surface area contributed by atoms with Crippen LogP contribution in [0.1, 0.15) is 18.4 Å². The van der Waals surface area contributed by atoms with Crippen molar-refractivity contribution >= 4 is 33.9 Å². The van der Waals surface area contributed by atoms with Crippen LogP contribution in [0.15, 0.2) is 28.7 Å². The van der Waals surface area contributed by atoms with Gasteiger partial charge in [0.2, 0.25) is 0 Å². The van der Waals surface area contributed by atoms with Gasteiger partial charge in [0.15, 0.2) is 6.61 Å². The number of nitrogens with one attached hydrogen (secondary N) is 1. The van der Waals surface area contributed by atoms with Gasteiger partial charge in [0, 0.05) is 29.3 Å². The average Bonchev–Trinajstić information content (AvgIpc) is 3.05. The molecule has 0 spiro atoms. The summed E-state index contributed by atoms with van der Waals surface area (Å²) in [5.74, 6) is -1.56. The summed E-state index contributed by atoms with van der Waals surface area (Å²) >= 11 is 3.22. The number of carbonyl (C=O) groups is 2. The Bertz CT molecular complexity index is 600. The Morgan fingerprint density at radius 3 is 3.04 bits per heavy atom. The van der Waals surface area contributed by atoms with E-state index in [1.165, 1.54) is 18.2 Å². The van der Waals surface area contributed by atoms with Crippen LogP contribution in [0.3, 0.4) is 0 Å². The van der Waals surface area contributed by atoms with Crippen molar-refractivity contribution in [3.63, 3.8) is 0 Å². The molecule has 2 rings (SSSR count). The molecule has 23 heavy (non-hydrogen) atoms. The second-order valence-electron chi connectivity index (χ2n) is 5.05. The van der Waals surface area contributed by atoms with E-state index < -0.39 is 17.7 Å². The normalized spacial score (nSPS) is 17.4. The zero-order valence-corrected chi connectivity index (χ0v) is 14.0. The first-order chi connectivity index (χ1) is 11.0. The molecule has 0 bridgehead atoms. The van der Waals surface area contributed by atoms with Crippen LogP contribution in [0, 0.1) is 5.82 Å². The minimum absolute atomic E-state index is 0.0362. The van der Waals surface area contributed by atoms with Crippen LogP contribution in [0.4, 0.5) is 4.39 Å². The van der Waals surface area contributed by atoms with Crippen molar-refractivity contribution in [1.82, 2.24) is 5.32 Å². The molecule has 1 heterocycles. The van der Waals surface area contributed by atoms with Gasteiger partial charge in [0.25, 0.3) is 5.91 Å². The van der Waals surface area contributed by atoms with E-state index in [4.69, 9.17) is 9.47 Å². The summed E-state index contributed by atoms with van der Waals surface area (Å²) in [6.45, 7) is 0.749. The van der Waals surface area contributed by atoms with Gasteiger partial charge in [-0.2, -0.15) is 0 Å². The van der Waals surface area contributed by atoms with Gasteiger partial charge >= 0.3 is 5.97 Å². The SMILES string of the molecule is O=C(COC(=O)/C=C/c1cc(Br)ccc1F)NCC1CCCO1. The van der Waals surface area contributed by atoms with E-state index in [1.807, 2.05) is 0 Å². The summed E-state index contributed by atoms with van der Waals surface area (Å²) in [5, 5.41) is 2.64. The van der Waals surface area contributed by atoms with E-state index in [1.54, 1.807) is 6.07 Å². The third-order valence-corrected chi connectivity index (χ3v) is 3.75. The van der Waals surface area contributed by atoms with Gasteiger partial charge in [-0.1, -0.05) is 15.9 Å². The lowest BCUT2D eigenvalue weighted by Crippen LogP contribution is -2.34. The van der Waals surface area contributed by atoms with E-state index in [-0.39, 0.29) is 18.3 Å². The van der Waals surface area contributed by atoms with Crippen LogP contribution in [0.2, 0.25) is 0 Å². The molecule has 1 saturated heterocycles. The first kappa shape index (κ1) is 17.6. The minimum atomic E-state index is -0.711. The number of rotatable bonds is 6. The average molecular weight is 386 g/mol. The Balaban J connectivity index is 1.72. The van der Waals surface area contributed by atoms with E-state index in [0.29, 0.717) is 17.6 Å². The monoisotopic (exact) mass is 385 g/mol. The zero-order valence-electron chi connectivity index (χ0n) is 12.4. The molecule has 124 valence electrons. The maximum Gasteiger partial charge on any atom is 0.331 e. The van der Waals surface area contributed by atoms with Crippen molar-refractivity contribution in [2.75, 3.05) is 19.8 Å². The van der Waals surface area contributed by atoms with Crippen molar-refractivity contribution in [3.8, 4) is 0 Å². The lowest BCUT2D eigenvalue weighted by Gasteiger charge is -2.10. The highest BCUT2D eigenvalue weighted by molar-refractivity contribution is 9.10.